The standard InChI is InChI=1S/C12H18N2O/c1-4-9-7-5-6-8-10(9)14-11(15)12(2,3)13/h5-8H,4,13H2,1-3H3,(H,14,15). The maximum atomic E-state index is 11.7. The van der Waals surface area contributed by atoms with Gasteiger partial charge in [0, 0.05) is 5.69 Å². The van der Waals surface area contributed by atoms with E-state index < -0.39 is 5.54 Å². The number of para-hydroxylation sites is 1. The fourth-order valence-corrected chi connectivity index (χ4v) is 1.23. The van der Waals surface area contributed by atoms with Crippen LogP contribution in [0.25, 0.3) is 0 Å². The summed E-state index contributed by atoms with van der Waals surface area (Å²) in [6.45, 7) is 5.44. The van der Waals surface area contributed by atoms with Gasteiger partial charge in [-0.2, -0.15) is 0 Å². The van der Waals surface area contributed by atoms with Crippen molar-refractivity contribution in [3.8, 4) is 0 Å². The van der Waals surface area contributed by atoms with Gasteiger partial charge < -0.3 is 11.1 Å². The van der Waals surface area contributed by atoms with E-state index in [1.165, 1.54) is 0 Å². The number of amides is 1. The van der Waals surface area contributed by atoms with Gasteiger partial charge in [-0.15, -0.1) is 0 Å². The monoisotopic (exact) mass is 206 g/mol. The molecule has 0 fully saturated rings. The molecule has 1 amide bonds. The van der Waals surface area contributed by atoms with Crippen molar-refractivity contribution in [3.63, 3.8) is 0 Å². The molecular formula is C12H18N2O. The van der Waals surface area contributed by atoms with Crippen LogP contribution in [0.15, 0.2) is 24.3 Å². The quantitative estimate of drug-likeness (QED) is 0.794. The summed E-state index contributed by atoms with van der Waals surface area (Å²) < 4.78 is 0. The summed E-state index contributed by atoms with van der Waals surface area (Å²) in [6, 6.07) is 7.75. The number of hydrogen-bond acceptors (Lipinski definition) is 2. The van der Waals surface area contributed by atoms with Crippen LogP contribution in [0, 0.1) is 0 Å². The largest absolute Gasteiger partial charge is 0.324 e. The van der Waals surface area contributed by atoms with E-state index in [0.717, 1.165) is 17.7 Å². The van der Waals surface area contributed by atoms with E-state index in [9.17, 15) is 4.79 Å². The summed E-state index contributed by atoms with van der Waals surface area (Å²) >= 11 is 0. The highest BCUT2D eigenvalue weighted by molar-refractivity contribution is 5.97. The van der Waals surface area contributed by atoms with Crippen LogP contribution in [-0.2, 0) is 11.2 Å². The molecule has 0 aliphatic rings. The average molecular weight is 206 g/mol. The van der Waals surface area contributed by atoms with Crippen molar-refractivity contribution >= 4 is 11.6 Å². The molecule has 0 atom stereocenters. The van der Waals surface area contributed by atoms with E-state index in [4.69, 9.17) is 5.73 Å². The van der Waals surface area contributed by atoms with Crippen molar-refractivity contribution < 1.29 is 4.79 Å². The average Bonchev–Trinajstić information content (AvgIpc) is 2.17. The highest BCUT2D eigenvalue weighted by Crippen LogP contribution is 2.16. The lowest BCUT2D eigenvalue weighted by atomic mass is 10.1. The predicted molar refractivity (Wildman–Crippen MR) is 62.7 cm³/mol. The molecule has 3 N–H and O–H groups in total. The van der Waals surface area contributed by atoms with Gasteiger partial charge in [-0.3, -0.25) is 4.79 Å². The van der Waals surface area contributed by atoms with Gasteiger partial charge in [0.2, 0.25) is 5.91 Å². The first-order chi connectivity index (χ1) is 6.95. The van der Waals surface area contributed by atoms with Gasteiger partial charge >= 0.3 is 0 Å². The lowest BCUT2D eigenvalue weighted by molar-refractivity contribution is -0.120. The molecule has 0 saturated heterocycles. The summed E-state index contributed by atoms with van der Waals surface area (Å²) in [5.41, 5.74) is 6.83. The van der Waals surface area contributed by atoms with Crippen molar-refractivity contribution in [3.05, 3.63) is 29.8 Å². The minimum absolute atomic E-state index is 0.164. The Kier molecular flexibility index (Phi) is 3.48. The number of carbonyl (C=O) groups excluding carboxylic acids is 1. The number of aryl methyl sites for hydroxylation is 1. The third-order valence-electron chi connectivity index (χ3n) is 2.23. The van der Waals surface area contributed by atoms with Crippen LogP contribution in [0.4, 0.5) is 5.69 Å². The van der Waals surface area contributed by atoms with Crippen molar-refractivity contribution in [1.82, 2.24) is 0 Å². The third kappa shape index (κ3) is 3.06. The summed E-state index contributed by atoms with van der Waals surface area (Å²) in [6.07, 6.45) is 0.890. The Bertz CT molecular complexity index is 353. The first kappa shape index (κ1) is 11.7. The maximum absolute atomic E-state index is 11.7. The van der Waals surface area contributed by atoms with E-state index in [1.54, 1.807) is 13.8 Å². The van der Waals surface area contributed by atoms with Crippen molar-refractivity contribution in [2.24, 2.45) is 5.73 Å². The maximum Gasteiger partial charge on any atom is 0.243 e. The number of nitrogens with two attached hydrogens (primary N) is 1. The van der Waals surface area contributed by atoms with E-state index in [2.05, 4.69) is 12.2 Å². The number of anilines is 1. The Morgan fingerprint density at radius 3 is 2.53 bits per heavy atom. The molecule has 1 aromatic rings. The molecule has 3 nitrogen and oxygen atoms in total. The molecule has 0 saturated carbocycles. The molecule has 1 aromatic carbocycles. The van der Waals surface area contributed by atoms with Gasteiger partial charge in [0.05, 0.1) is 5.54 Å². The molecule has 0 unspecified atom stereocenters. The molecule has 0 heterocycles. The van der Waals surface area contributed by atoms with Gasteiger partial charge in [-0.1, -0.05) is 25.1 Å². The first-order valence-corrected chi connectivity index (χ1v) is 5.13. The Hall–Kier alpha value is -1.35. The van der Waals surface area contributed by atoms with Crippen LogP contribution < -0.4 is 11.1 Å². The van der Waals surface area contributed by atoms with E-state index >= 15 is 0 Å². The van der Waals surface area contributed by atoms with Crippen molar-refractivity contribution in [2.75, 3.05) is 5.32 Å². The minimum atomic E-state index is -0.846. The topological polar surface area (TPSA) is 55.1 Å². The van der Waals surface area contributed by atoms with Gasteiger partial charge in [-0.05, 0) is 31.9 Å². The summed E-state index contributed by atoms with van der Waals surface area (Å²) in [4.78, 5) is 11.7. The Balaban J connectivity index is 2.85. The van der Waals surface area contributed by atoms with Gasteiger partial charge in [0.15, 0.2) is 0 Å². The lowest BCUT2D eigenvalue weighted by Gasteiger charge is -2.19. The minimum Gasteiger partial charge on any atom is -0.324 e. The number of hydrogen-bond donors (Lipinski definition) is 2. The number of rotatable bonds is 3. The zero-order valence-electron chi connectivity index (χ0n) is 9.50. The zero-order valence-corrected chi connectivity index (χ0v) is 9.50. The van der Waals surface area contributed by atoms with Crippen LogP contribution in [0.3, 0.4) is 0 Å². The number of benzene rings is 1. The van der Waals surface area contributed by atoms with Crippen LogP contribution in [0.2, 0.25) is 0 Å². The third-order valence-corrected chi connectivity index (χ3v) is 2.23. The summed E-state index contributed by atoms with van der Waals surface area (Å²) in [5.74, 6) is -0.164. The highest BCUT2D eigenvalue weighted by atomic mass is 16.2. The smallest absolute Gasteiger partial charge is 0.243 e. The molecule has 0 bridgehead atoms. The van der Waals surface area contributed by atoms with Crippen LogP contribution in [-0.4, -0.2) is 11.4 Å². The molecule has 82 valence electrons. The fraction of sp³-hybridized carbons (Fsp3) is 0.417. The second-order valence-electron chi connectivity index (χ2n) is 4.19. The SMILES string of the molecule is CCc1ccccc1NC(=O)C(C)(C)N. The molecule has 3 heteroatoms. The summed E-state index contributed by atoms with van der Waals surface area (Å²) in [7, 11) is 0. The molecule has 0 aliphatic heterocycles. The van der Waals surface area contributed by atoms with E-state index in [-0.39, 0.29) is 5.91 Å². The van der Waals surface area contributed by atoms with Crippen LogP contribution >= 0.6 is 0 Å². The highest BCUT2D eigenvalue weighted by Gasteiger charge is 2.22. The molecule has 0 aromatic heterocycles. The van der Waals surface area contributed by atoms with Gasteiger partial charge in [0.1, 0.15) is 0 Å². The molecule has 0 aliphatic carbocycles. The first-order valence-electron chi connectivity index (χ1n) is 5.13. The molecule has 0 spiro atoms. The van der Waals surface area contributed by atoms with Crippen molar-refractivity contribution in [1.29, 1.82) is 0 Å². The van der Waals surface area contributed by atoms with Crippen LogP contribution in [0.1, 0.15) is 26.3 Å². The molecule has 0 radical (unpaired) electrons. The number of nitrogens with one attached hydrogen (secondary N) is 1. The molecule has 1 rings (SSSR count). The fourth-order valence-electron chi connectivity index (χ4n) is 1.23. The Labute approximate surface area is 90.7 Å². The zero-order chi connectivity index (χ0) is 11.5. The second kappa shape index (κ2) is 4.45. The summed E-state index contributed by atoms with van der Waals surface area (Å²) in [5, 5.41) is 2.84. The lowest BCUT2D eigenvalue weighted by Crippen LogP contribution is -2.45. The predicted octanol–water partition coefficient (Wildman–Crippen LogP) is 1.92. The molecular weight excluding hydrogens is 188 g/mol. The van der Waals surface area contributed by atoms with Gasteiger partial charge in [-0.25, -0.2) is 0 Å². The van der Waals surface area contributed by atoms with Crippen LogP contribution in [0.5, 0.6) is 0 Å². The Morgan fingerprint density at radius 2 is 2.00 bits per heavy atom. The number of carbonyl (C=O) groups is 1. The van der Waals surface area contributed by atoms with Crippen molar-refractivity contribution in [2.45, 2.75) is 32.7 Å². The van der Waals surface area contributed by atoms with E-state index in [0.29, 0.717) is 0 Å². The normalized spacial score (nSPS) is 11.2. The Morgan fingerprint density at radius 1 is 1.40 bits per heavy atom. The second-order valence-corrected chi connectivity index (χ2v) is 4.19. The molecule has 15 heavy (non-hydrogen) atoms. The van der Waals surface area contributed by atoms with E-state index in [1.807, 2.05) is 24.3 Å². The van der Waals surface area contributed by atoms with Gasteiger partial charge in [0.25, 0.3) is 0 Å².